The van der Waals surface area contributed by atoms with Crippen molar-refractivity contribution in [2.75, 3.05) is 5.32 Å². The maximum Gasteiger partial charge on any atom is 0.383 e. The maximum absolute atomic E-state index is 13.0. The minimum Gasteiger partial charge on any atom is -0.320 e. The summed E-state index contributed by atoms with van der Waals surface area (Å²) in [5, 5.41) is 1.91. The highest BCUT2D eigenvalue weighted by Gasteiger charge is 2.49. The number of hydrogen-bond donors (Lipinski definition) is 1. The fourth-order valence-corrected chi connectivity index (χ4v) is 1.84. The molecule has 0 heterocycles. The van der Waals surface area contributed by atoms with Gasteiger partial charge in [-0.1, -0.05) is 39.8 Å². The molecule has 0 spiro atoms. The summed E-state index contributed by atoms with van der Waals surface area (Å²) in [7, 11) is 0. The topological polar surface area (TPSA) is 29.1 Å². The molecule has 0 bridgehead atoms. The molecule has 1 amide bonds. The molecule has 0 aliphatic heterocycles. The van der Waals surface area contributed by atoms with Gasteiger partial charge in [0.25, 0.3) is 0 Å². The number of anilines is 1. The van der Waals surface area contributed by atoms with Crippen molar-refractivity contribution in [3.8, 4) is 0 Å². The van der Waals surface area contributed by atoms with Gasteiger partial charge in [0.1, 0.15) is 0 Å². The van der Waals surface area contributed by atoms with Crippen molar-refractivity contribution in [2.45, 2.75) is 51.9 Å². The first-order valence-electron chi connectivity index (χ1n) is 6.68. The van der Waals surface area contributed by atoms with Crippen molar-refractivity contribution >= 4 is 11.6 Å². The molecule has 6 heteroatoms. The van der Waals surface area contributed by atoms with Crippen molar-refractivity contribution in [1.82, 2.24) is 0 Å². The fourth-order valence-electron chi connectivity index (χ4n) is 1.84. The van der Waals surface area contributed by atoms with E-state index in [1.165, 1.54) is 6.07 Å². The second-order valence-corrected chi connectivity index (χ2v) is 5.53. The van der Waals surface area contributed by atoms with E-state index in [1.807, 2.05) is 33.0 Å². The third-order valence-corrected chi connectivity index (χ3v) is 3.19. The summed E-state index contributed by atoms with van der Waals surface area (Å²) >= 11 is 0. The molecule has 0 atom stereocenters. The number of nitrogens with one attached hydrogen (secondary N) is 1. The third kappa shape index (κ3) is 3.95. The van der Waals surface area contributed by atoms with Gasteiger partial charge in [0.15, 0.2) is 0 Å². The molecule has 0 unspecified atom stereocenters. The van der Waals surface area contributed by atoms with E-state index in [1.54, 1.807) is 12.1 Å². The highest BCUT2D eigenvalue weighted by Crippen LogP contribution is 2.30. The minimum absolute atomic E-state index is 0.0424. The van der Waals surface area contributed by atoms with Crippen LogP contribution in [0.3, 0.4) is 0 Å². The monoisotopic (exact) mass is 305 g/mol. The molecule has 1 rings (SSSR count). The molecule has 1 aromatic carbocycles. The van der Waals surface area contributed by atoms with Gasteiger partial charge in [-0.05, 0) is 29.0 Å². The lowest BCUT2D eigenvalue weighted by Gasteiger charge is -2.19. The molecule has 1 aromatic rings. The molecule has 1 N–H and O–H groups in total. The summed E-state index contributed by atoms with van der Waals surface area (Å²) in [5.41, 5.74) is 1.76. The van der Waals surface area contributed by atoms with Crippen LogP contribution in [0.5, 0.6) is 0 Å². The Bertz CT molecular complexity index is 512. The smallest absolute Gasteiger partial charge is 0.320 e. The van der Waals surface area contributed by atoms with Crippen molar-refractivity contribution in [3.05, 3.63) is 29.3 Å². The normalized spacial score (nSPS) is 12.3. The second kappa shape index (κ2) is 6.45. The number of hydrogen-bond acceptors (Lipinski definition) is 1. The Balaban J connectivity index is 3.11. The molecule has 0 aromatic heterocycles. The van der Waals surface area contributed by atoms with Gasteiger partial charge >= 0.3 is 18.3 Å². The van der Waals surface area contributed by atoms with E-state index in [-0.39, 0.29) is 17.5 Å². The largest absolute Gasteiger partial charge is 0.383 e. The van der Waals surface area contributed by atoms with Crippen LogP contribution < -0.4 is 5.32 Å². The molecule has 118 valence electrons. The Morgan fingerprint density at radius 3 is 2.10 bits per heavy atom. The third-order valence-electron chi connectivity index (χ3n) is 3.19. The van der Waals surface area contributed by atoms with Gasteiger partial charge < -0.3 is 5.32 Å². The van der Waals surface area contributed by atoms with Crippen molar-refractivity contribution in [1.29, 1.82) is 0 Å². The van der Waals surface area contributed by atoms with E-state index < -0.39 is 18.3 Å². The minimum atomic E-state index is -4.70. The summed E-state index contributed by atoms with van der Waals surface area (Å²) in [5.74, 6) is -6.50. The predicted octanol–water partition coefficient (Wildman–Crippen LogP) is 4.77. The molecule has 0 saturated heterocycles. The first kappa shape index (κ1) is 17.5. The highest BCUT2D eigenvalue weighted by atomic mass is 19.3. The van der Waals surface area contributed by atoms with Crippen LogP contribution in [0.2, 0.25) is 0 Å². The van der Waals surface area contributed by atoms with Crippen molar-refractivity contribution in [3.63, 3.8) is 0 Å². The van der Waals surface area contributed by atoms with Crippen LogP contribution in [0.15, 0.2) is 18.2 Å². The quantitative estimate of drug-likeness (QED) is 0.780. The van der Waals surface area contributed by atoms with Crippen LogP contribution in [0.25, 0.3) is 0 Å². The lowest BCUT2D eigenvalue weighted by molar-refractivity contribution is -0.163. The molecular weight excluding hydrogens is 286 g/mol. The van der Waals surface area contributed by atoms with E-state index in [2.05, 4.69) is 0 Å². The number of halogens is 4. The number of alkyl halides is 4. The molecule has 0 aliphatic carbocycles. The van der Waals surface area contributed by atoms with E-state index in [4.69, 9.17) is 0 Å². The van der Waals surface area contributed by atoms with Crippen LogP contribution in [-0.4, -0.2) is 18.3 Å². The molecule has 0 saturated carbocycles. The lowest BCUT2D eigenvalue weighted by atomic mass is 9.94. The molecular formula is C15H19F4NO. The fraction of sp³-hybridized carbons (Fsp3) is 0.533. The zero-order valence-corrected chi connectivity index (χ0v) is 12.4. The van der Waals surface area contributed by atoms with Gasteiger partial charge in [0.2, 0.25) is 0 Å². The van der Waals surface area contributed by atoms with Gasteiger partial charge in [-0.3, -0.25) is 4.79 Å². The maximum atomic E-state index is 13.0. The molecule has 0 aliphatic rings. The first-order chi connectivity index (χ1) is 9.57. The number of benzene rings is 1. The zero-order chi connectivity index (χ0) is 16.4. The van der Waals surface area contributed by atoms with E-state index >= 15 is 0 Å². The van der Waals surface area contributed by atoms with E-state index in [0.29, 0.717) is 5.56 Å². The molecule has 0 radical (unpaired) electrons. The zero-order valence-electron chi connectivity index (χ0n) is 12.4. The lowest BCUT2D eigenvalue weighted by Crippen LogP contribution is -2.41. The summed E-state index contributed by atoms with van der Waals surface area (Å²) in [6, 6.07) is 4.96. The second-order valence-electron chi connectivity index (χ2n) is 5.53. The van der Waals surface area contributed by atoms with Crippen LogP contribution in [0.1, 0.15) is 50.7 Å². The number of amides is 1. The summed E-state index contributed by atoms with van der Waals surface area (Å²) in [6.07, 6.45) is -4.03. The van der Waals surface area contributed by atoms with Crippen LogP contribution in [-0.2, 0) is 4.79 Å². The standard InChI is InChI=1S/C15H19F4NO/c1-8(2)10-5-6-12(11(7-10)9(3)4)20-14(21)15(18,19)13(16)17/h5-9,13H,1-4H3,(H,20,21). The Labute approximate surface area is 121 Å². The van der Waals surface area contributed by atoms with Gasteiger partial charge in [0, 0.05) is 5.69 Å². The summed E-state index contributed by atoms with van der Waals surface area (Å²) in [6.45, 7) is 7.62. The van der Waals surface area contributed by atoms with Gasteiger partial charge in [-0.25, -0.2) is 8.78 Å². The number of rotatable bonds is 5. The van der Waals surface area contributed by atoms with Crippen molar-refractivity contribution < 1.29 is 22.4 Å². The first-order valence-corrected chi connectivity index (χ1v) is 6.68. The Kier molecular flexibility index (Phi) is 5.36. The Hall–Kier alpha value is -1.59. The van der Waals surface area contributed by atoms with Crippen LogP contribution in [0.4, 0.5) is 23.2 Å². The summed E-state index contributed by atoms with van der Waals surface area (Å²) < 4.78 is 50.4. The number of carbonyl (C=O) groups excluding carboxylic acids is 1. The SMILES string of the molecule is CC(C)c1ccc(NC(=O)C(F)(F)C(F)F)c(C(C)C)c1. The highest BCUT2D eigenvalue weighted by molar-refractivity contribution is 5.97. The van der Waals surface area contributed by atoms with Gasteiger partial charge in [0.05, 0.1) is 0 Å². The molecule has 21 heavy (non-hydrogen) atoms. The molecule has 0 fully saturated rings. The van der Waals surface area contributed by atoms with Crippen molar-refractivity contribution in [2.24, 2.45) is 0 Å². The number of carbonyl (C=O) groups is 1. The average Bonchev–Trinajstić information content (AvgIpc) is 2.38. The van der Waals surface area contributed by atoms with Gasteiger partial charge in [-0.15, -0.1) is 0 Å². The summed E-state index contributed by atoms with van der Waals surface area (Å²) in [4.78, 5) is 11.3. The van der Waals surface area contributed by atoms with Gasteiger partial charge in [-0.2, -0.15) is 8.78 Å². The molecule has 2 nitrogen and oxygen atoms in total. The van der Waals surface area contributed by atoms with Crippen LogP contribution in [0, 0.1) is 0 Å². The van der Waals surface area contributed by atoms with Crippen LogP contribution >= 0.6 is 0 Å². The Morgan fingerprint density at radius 1 is 1.10 bits per heavy atom. The average molecular weight is 305 g/mol. The van der Waals surface area contributed by atoms with E-state index in [0.717, 1.165) is 5.56 Å². The predicted molar refractivity (Wildman–Crippen MR) is 74.2 cm³/mol. The van der Waals surface area contributed by atoms with E-state index in [9.17, 15) is 22.4 Å². The Morgan fingerprint density at radius 2 is 1.67 bits per heavy atom.